The van der Waals surface area contributed by atoms with Gasteiger partial charge in [0.1, 0.15) is 6.29 Å². The molecule has 0 aliphatic rings. The van der Waals surface area contributed by atoms with E-state index < -0.39 is 0 Å². The van der Waals surface area contributed by atoms with Crippen LogP contribution in [-0.4, -0.2) is 24.7 Å². The van der Waals surface area contributed by atoms with E-state index in [-0.39, 0.29) is 5.12 Å². The smallest absolute Gasteiger partial charge is 0.188 e. The fourth-order valence-electron chi connectivity index (χ4n) is 2.30. The minimum atomic E-state index is 0.201. The molecule has 0 fully saturated rings. The summed E-state index contributed by atoms with van der Waals surface area (Å²) in [6, 6.07) is 5.96. The van der Waals surface area contributed by atoms with E-state index in [4.69, 9.17) is 11.6 Å². The topological polar surface area (TPSA) is 46.2 Å². The zero-order chi connectivity index (χ0) is 19.5. The maximum atomic E-state index is 11.5. The summed E-state index contributed by atoms with van der Waals surface area (Å²) in [5.74, 6) is 0. The fourth-order valence-corrected chi connectivity index (χ4v) is 2.83. The molecule has 0 unspecified atom stereocenters. The van der Waals surface area contributed by atoms with Gasteiger partial charge in [-0.3, -0.25) is 9.59 Å². The number of allylic oxidation sites excluding steroid dienone is 5. The second kappa shape index (κ2) is 11.8. The van der Waals surface area contributed by atoms with Crippen molar-refractivity contribution in [2.45, 2.75) is 33.1 Å². The summed E-state index contributed by atoms with van der Waals surface area (Å²) in [7, 11) is 1.84. The molecule has 0 aromatic heterocycles. The van der Waals surface area contributed by atoms with Crippen LogP contribution in [0.15, 0.2) is 47.7 Å². The Labute approximate surface area is 165 Å². The van der Waals surface area contributed by atoms with E-state index >= 15 is 0 Å². The Hall–Kier alpha value is -1.78. The van der Waals surface area contributed by atoms with E-state index in [1.54, 1.807) is 19.3 Å². The summed E-state index contributed by atoms with van der Waals surface area (Å²) in [4.78, 5) is 22.3. The standard InChI is InChI=1S/C21H26ClNO2S/c1-15(14-24)9-12-20(23-3)18(7-5-6-8-21(25)26-4)17-11-10-16(2)19(22)13-17/h7,9-14,23H,5-6,8H2,1-4H3/b15-9-,18-7+,20-12-. The number of thioether (sulfide) groups is 1. The van der Waals surface area contributed by atoms with Gasteiger partial charge in [0.15, 0.2) is 5.12 Å². The zero-order valence-corrected chi connectivity index (χ0v) is 17.3. The number of aryl methyl sites for hydroxylation is 1. The second-order valence-corrected chi connectivity index (χ2v) is 7.18. The molecular weight excluding hydrogens is 366 g/mol. The van der Waals surface area contributed by atoms with Crippen LogP contribution in [0.4, 0.5) is 0 Å². The Balaban J connectivity index is 3.20. The number of aldehydes is 1. The molecule has 0 aliphatic heterocycles. The molecule has 0 atom stereocenters. The maximum Gasteiger partial charge on any atom is 0.188 e. The van der Waals surface area contributed by atoms with Gasteiger partial charge in [0.05, 0.1) is 0 Å². The fraction of sp³-hybridized carbons (Fsp3) is 0.333. The van der Waals surface area contributed by atoms with Gasteiger partial charge in [0, 0.05) is 29.8 Å². The Morgan fingerprint density at radius 3 is 2.62 bits per heavy atom. The van der Waals surface area contributed by atoms with Crippen LogP contribution in [0.2, 0.25) is 5.02 Å². The minimum Gasteiger partial charge on any atom is -0.388 e. The van der Waals surface area contributed by atoms with Gasteiger partial charge >= 0.3 is 0 Å². The predicted molar refractivity (Wildman–Crippen MR) is 114 cm³/mol. The number of likely N-dealkylation sites (N-methyl/N-ethyl adjacent to an activating group) is 1. The van der Waals surface area contributed by atoms with Crippen molar-refractivity contribution in [3.63, 3.8) is 0 Å². The lowest BCUT2D eigenvalue weighted by atomic mass is 9.98. The molecule has 26 heavy (non-hydrogen) atoms. The van der Waals surface area contributed by atoms with Crippen LogP contribution in [0.25, 0.3) is 5.57 Å². The van der Waals surface area contributed by atoms with Gasteiger partial charge in [-0.2, -0.15) is 0 Å². The number of nitrogens with one attached hydrogen (secondary N) is 1. The van der Waals surface area contributed by atoms with Crippen molar-refractivity contribution < 1.29 is 9.59 Å². The van der Waals surface area contributed by atoms with E-state index in [2.05, 4.69) is 11.4 Å². The highest BCUT2D eigenvalue weighted by Gasteiger charge is 2.09. The first kappa shape index (κ1) is 22.3. The maximum absolute atomic E-state index is 11.5. The molecule has 140 valence electrons. The Bertz CT molecular complexity index is 736. The molecule has 1 aromatic carbocycles. The van der Waals surface area contributed by atoms with Crippen molar-refractivity contribution in [1.29, 1.82) is 0 Å². The zero-order valence-electron chi connectivity index (χ0n) is 15.8. The molecular formula is C21H26ClNO2S. The first-order chi connectivity index (χ1) is 12.4. The van der Waals surface area contributed by atoms with Crippen LogP contribution in [-0.2, 0) is 9.59 Å². The van der Waals surface area contributed by atoms with Crippen LogP contribution in [0.1, 0.15) is 37.3 Å². The molecule has 0 amide bonds. The van der Waals surface area contributed by atoms with Gasteiger partial charge in [-0.25, -0.2) is 0 Å². The first-order valence-electron chi connectivity index (χ1n) is 8.48. The third-order valence-electron chi connectivity index (χ3n) is 3.90. The molecule has 5 heteroatoms. The number of benzene rings is 1. The van der Waals surface area contributed by atoms with E-state index in [0.717, 1.165) is 41.5 Å². The van der Waals surface area contributed by atoms with Crippen molar-refractivity contribution >= 4 is 40.3 Å². The van der Waals surface area contributed by atoms with Gasteiger partial charge in [-0.05, 0) is 61.8 Å². The van der Waals surface area contributed by atoms with Crippen molar-refractivity contribution in [3.05, 3.63) is 63.8 Å². The highest BCUT2D eigenvalue weighted by molar-refractivity contribution is 8.13. The lowest BCUT2D eigenvalue weighted by molar-refractivity contribution is -0.111. The summed E-state index contributed by atoms with van der Waals surface area (Å²) >= 11 is 7.57. The van der Waals surface area contributed by atoms with Gasteiger partial charge in [0.2, 0.25) is 0 Å². The summed E-state index contributed by atoms with van der Waals surface area (Å²) in [5.41, 5.74) is 4.55. The van der Waals surface area contributed by atoms with E-state index in [1.165, 1.54) is 11.8 Å². The highest BCUT2D eigenvalue weighted by Crippen LogP contribution is 2.27. The molecule has 0 saturated heterocycles. The number of hydrogen-bond donors (Lipinski definition) is 1. The third-order valence-corrected chi connectivity index (χ3v) is 4.97. The van der Waals surface area contributed by atoms with Crippen molar-refractivity contribution in [1.82, 2.24) is 5.32 Å². The molecule has 0 saturated carbocycles. The summed E-state index contributed by atoms with van der Waals surface area (Å²) < 4.78 is 0. The summed E-state index contributed by atoms with van der Waals surface area (Å²) in [5, 5.41) is 4.10. The first-order valence-corrected chi connectivity index (χ1v) is 10.1. The highest BCUT2D eigenvalue weighted by atomic mass is 35.5. The number of carbonyl (C=O) groups is 2. The van der Waals surface area contributed by atoms with Gasteiger partial charge in [-0.15, -0.1) is 0 Å². The summed E-state index contributed by atoms with van der Waals surface area (Å²) in [6.45, 7) is 3.73. The number of carbonyl (C=O) groups excluding carboxylic acids is 2. The van der Waals surface area contributed by atoms with Gasteiger partial charge in [-0.1, -0.05) is 47.6 Å². The Kier molecular flexibility index (Phi) is 10.1. The lowest BCUT2D eigenvalue weighted by Crippen LogP contribution is -2.08. The average molecular weight is 392 g/mol. The Morgan fingerprint density at radius 2 is 2.04 bits per heavy atom. The van der Waals surface area contributed by atoms with Crippen molar-refractivity contribution in [2.24, 2.45) is 0 Å². The molecule has 0 spiro atoms. The SMILES string of the molecule is CNC(=C\C=C(\C)C=O)/C(=C/CCCC(=O)SC)c1ccc(C)c(Cl)c1. The molecule has 1 N–H and O–H groups in total. The molecule has 1 rings (SSSR count). The quantitative estimate of drug-likeness (QED) is 0.267. The normalized spacial score (nSPS) is 12.9. The molecule has 0 bridgehead atoms. The van der Waals surface area contributed by atoms with Crippen molar-refractivity contribution in [2.75, 3.05) is 13.3 Å². The third kappa shape index (κ3) is 7.22. The summed E-state index contributed by atoms with van der Waals surface area (Å²) in [6.07, 6.45) is 10.5. The molecule has 0 heterocycles. The number of unbranched alkanes of at least 4 members (excludes halogenated alkanes) is 1. The minimum absolute atomic E-state index is 0.201. The van der Waals surface area contributed by atoms with Crippen LogP contribution in [0.3, 0.4) is 0 Å². The van der Waals surface area contributed by atoms with E-state index in [9.17, 15) is 9.59 Å². The van der Waals surface area contributed by atoms with Crippen LogP contribution < -0.4 is 5.32 Å². The number of hydrogen-bond acceptors (Lipinski definition) is 4. The monoisotopic (exact) mass is 391 g/mol. The van der Waals surface area contributed by atoms with Gasteiger partial charge in [0.25, 0.3) is 0 Å². The van der Waals surface area contributed by atoms with Crippen LogP contribution >= 0.6 is 23.4 Å². The van der Waals surface area contributed by atoms with Crippen LogP contribution in [0.5, 0.6) is 0 Å². The Morgan fingerprint density at radius 1 is 1.31 bits per heavy atom. The van der Waals surface area contributed by atoms with Gasteiger partial charge < -0.3 is 5.32 Å². The van der Waals surface area contributed by atoms with Crippen LogP contribution in [0, 0.1) is 6.92 Å². The molecule has 3 nitrogen and oxygen atoms in total. The molecule has 1 aromatic rings. The number of rotatable bonds is 9. The van der Waals surface area contributed by atoms with Crippen molar-refractivity contribution in [3.8, 4) is 0 Å². The largest absolute Gasteiger partial charge is 0.388 e. The molecule has 0 radical (unpaired) electrons. The second-order valence-electron chi connectivity index (χ2n) is 5.91. The van der Waals surface area contributed by atoms with E-state index in [0.29, 0.717) is 17.0 Å². The average Bonchev–Trinajstić information content (AvgIpc) is 2.65. The lowest BCUT2D eigenvalue weighted by Gasteiger charge is -2.14. The van der Waals surface area contributed by atoms with E-state index in [1.807, 2.05) is 38.2 Å². The molecule has 0 aliphatic carbocycles. The number of halogens is 1. The predicted octanol–water partition coefficient (Wildman–Crippen LogP) is 5.34.